The zero-order valence-electron chi connectivity index (χ0n) is 22.5. The minimum atomic E-state index is -4.29. The molecule has 0 aliphatic carbocycles. The molecular weight excluding hydrogens is 591 g/mol. The van der Waals surface area contributed by atoms with Gasteiger partial charge in [0.25, 0.3) is 15.7 Å². The summed E-state index contributed by atoms with van der Waals surface area (Å²) >= 11 is 12.3. The summed E-state index contributed by atoms with van der Waals surface area (Å²) in [5.41, 5.74) is 0.394. The molecule has 1 N–H and O–H groups in total. The van der Waals surface area contributed by atoms with Crippen molar-refractivity contribution in [2.24, 2.45) is 0 Å². The van der Waals surface area contributed by atoms with Crippen LogP contribution in [0.5, 0.6) is 0 Å². The largest absolute Gasteiger partial charge is 0.354 e. The highest BCUT2D eigenvalue weighted by Crippen LogP contribution is 2.28. The van der Waals surface area contributed by atoms with Crippen molar-refractivity contribution in [3.05, 3.63) is 98.5 Å². The summed E-state index contributed by atoms with van der Waals surface area (Å²) in [6, 6.07) is 16.3. The first kappa shape index (κ1) is 31.9. The van der Waals surface area contributed by atoms with Gasteiger partial charge in [0.1, 0.15) is 12.6 Å². The van der Waals surface area contributed by atoms with Crippen LogP contribution in [0.1, 0.15) is 32.3 Å². The Morgan fingerprint density at radius 3 is 2.20 bits per heavy atom. The van der Waals surface area contributed by atoms with Gasteiger partial charge >= 0.3 is 0 Å². The van der Waals surface area contributed by atoms with Crippen LogP contribution in [0.3, 0.4) is 0 Å². The third-order valence-electron chi connectivity index (χ3n) is 6.23. The standard InChI is InChI=1S/C28H30Cl2N4O6S/c1-3-16-31-28(36)26(4-2)32(18-20-10-15-24(29)25(30)17-20)27(35)19-33(21-11-13-22(14-12-21)34(37)38)41(39,40)23-8-6-5-7-9-23/h5-15,17,26H,3-4,16,18-19H2,1-2H3,(H,31,36)/t26-/m1/s1. The van der Waals surface area contributed by atoms with E-state index >= 15 is 0 Å². The number of amides is 2. The van der Waals surface area contributed by atoms with E-state index in [9.17, 15) is 28.1 Å². The number of nitrogens with one attached hydrogen (secondary N) is 1. The lowest BCUT2D eigenvalue weighted by Gasteiger charge is -2.33. The number of carbonyl (C=O) groups excluding carboxylic acids is 2. The molecule has 3 aromatic rings. The molecule has 2 amide bonds. The van der Waals surface area contributed by atoms with E-state index < -0.39 is 33.4 Å². The number of hydrogen-bond donors (Lipinski definition) is 1. The van der Waals surface area contributed by atoms with Crippen LogP contribution in [-0.4, -0.2) is 49.2 Å². The molecule has 3 aromatic carbocycles. The highest BCUT2D eigenvalue weighted by Gasteiger charge is 2.33. The second-order valence-corrected chi connectivity index (χ2v) is 11.8. The van der Waals surface area contributed by atoms with Gasteiger partial charge in [0, 0.05) is 25.2 Å². The van der Waals surface area contributed by atoms with E-state index in [-0.39, 0.29) is 40.2 Å². The molecule has 13 heteroatoms. The first-order chi connectivity index (χ1) is 19.5. The summed E-state index contributed by atoms with van der Waals surface area (Å²) in [6.45, 7) is 3.33. The molecule has 0 fully saturated rings. The van der Waals surface area contributed by atoms with Gasteiger partial charge in [0.2, 0.25) is 11.8 Å². The first-order valence-corrected chi connectivity index (χ1v) is 15.0. The average molecular weight is 622 g/mol. The lowest BCUT2D eigenvalue weighted by molar-refractivity contribution is -0.384. The van der Waals surface area contributed by atoms with Crippen LogP contribution in [0, 0.1) is 10.1 Å². The number of rotatable bonds is 13. The zero-order valence-corrected chi connectivity index (χ0v) is 24.8. The highest BCUT2D eigenvalue weighted by atomic mass is 35.5. The van der Waals surface area contributed by atoms with Gasteiger partial charge in [-0.2, -0.15) is 0 Å². The number of hydrogen-bond acceptors (Lipinski definition) is 6. The molecule has 41 heavy (non-hydrogen) atoms. The Morgan fingerprint density at radius 1 is 0.976 bits per heavy atom. The Hall–Kier alpha value is -3.67. The van der Waals surface area contributed by atoms with Crippen molar-refractivity contribution in [2.75, 3.05) is 17.4 Å². The lowest BCUT2D eigenvalue weighted by Crippen LogP contribution is -2.52. The molecule has 0 saturated heterocycles. The first-order valence-electron chi connectivity index (χ1n) is 12.8. The zero-order chi connectivity index (χ0) is 30.2. The number of nitro benzene ring substituents is 1. The maximum absolute atomic E-state index is 14.0. The van der Waals surface area contributed by atoms with Crippen molar-refractivity contribution in [3.8, 4) is 0 Å². The van der Waals surface area contributed by atoms with E-state index in [4.69, 9.17) is 23.2 Å². The quantitative estimate of drug-likeness (QED) is 0.200. The molecular formula is C28H30Cl2N4O6S. The van der Waals surface area contributed by atoms with Crippen LogP contribution in [0.15, 0.2) is 77.7 Å². The summed E-state index contributed by atoms with van der Waals surface area (Å²) in [5, 5.41) is 14.6. The fraction of sp³-hybridized carbons (Fsp3) is 0.286. The van der Waals surface area contributed by atoms with Crippen LogP contribution in [0.25, 0.3) is 0 Å². The van der Waals surface area contributed by atoms with E-state index in [1.54, 1.807) is 43.3 Å². The van der Waals surface area contributed by atoms with Gasteiger partial charge in [-0.3, -0.25) is 24.0 Å². The van der Waals surface area contributed by atoms with Crippen LogP contribution in [0.4, 0.5) is 11.4 Å². The second-order valence-electron chi connectivity index (χ2n) is 9.08. The number of halogens is 2. The summed E-state index contributed by atoms with van der Waals surface area (Å²) < 4.78 is 28.4. The number of benzene rings is 3. The number of nitro groups is 1. The predicted octanol–water partition coefficient (Wildman–Crippen LogP) is 5.43. The maximum atomic E-state index is 14.0. The molecule has 0 spiro atoms. The van der Waals surface area contributed by atoms with Gasteiger partial charge in [0.15, 0.2) is 0 Å². The van der Waals surface area contributed by atoms with Crippen LogP contribution < -0.4 is 9.62 Å². The molecule has 0 bridgehead atoms. The fourth-order valence-corrected chi connectivity index (χ4v) is 5.87. The van der Waals surface area contributed by atoms with Gasteiger partial charge in [-0.05, 0) is 54.8 Å². The van der Waals surface area contributed by atoms with Gasteiger partial charge < -0.3 is 10.2 Å². The number of sulfonamides is 1. The molecule has 0 aliphatic heterocycles. The van der Waals surface area contributed by atoms with Crippen molar-refractivity contribution in [1.82, 2.24) is 10.2 Å². The Balaban J connectivity index is 2.07. The van der Waals surface area contributed by atoms with Crippen molar-refractivity contribution in [1.29, 1.82) is 0 Å². The molecule has 3 rings (SSSR count). The molecule has 1 atom stereocenters. The van der Waals surface area contributed by atoms with E-state index in [1.165, 1.54) is 29.2 Å². The fourth-order valence-electron chi connectivity index (χ4n) is 4.11. The molecule has 0 radical (unpaired) electrons. The van der Waals surface area contributed by atoms with Crippen LogP contribution in [0.2, 0.25) is 10.0 Å². The molecule has 0 aromatic heterocycles. The van der Waals surface area contributed by atoms with E-state index in [1.807, 2.05) is 6.92 Å². The monoisotopic (exact) mass is 620 g/mol. The van der Waals surface area contributed by atoms with Crippen molar-refractivity contribution in [3.63, 3.8) is 0 Å². The van der Waals surface area contributed by atoms with E-state index in [0.29, 0.717) is 23.6 Å². The number of non-ortho nitro benzene ring substituents is 1. The Morgan fingerprint density at radius 2 is 1.63 bits per heavy atom. The van der Waals surface area contributed by atoms with Gasteiger partial charge in [-0.1, -0.05) is 61.3 Å². The topological polar surface area (TPSA) is 130 Å². The molecule has 0 aliphatic rings. The third-order valence-corrected chi connectivity index (χ3v) is 8.76. The van der Waals surface area contributed by atoms with Crippen molar-refractivity contribution < 1.29 is 22.9 Å². The minimum Gasteiger partial charge on any atom is -0.354 e. The second kappa shape index (κ2) is 14.3. The molecule has 0 saturated carbocycles. The lowest BCUT2D eigenvalue weighted by atomic mass is 10.1. The smallest absolute Gasteiger partial charge is 0.269 e. The van der Waals surface area contributed by atoms with E-state index in [2.05, 4.69) is 5.32 Å². The summed E-state index contributed by atoms with van der Waals surface area (Å²) in [4.78, 5) is 38.9. The summed E-state index contributed by atoms with van der Waals surface area (Å²) in [6.07, 6.45) is 0.942. The molecule has 10 nitrogen and oxygen atoms in total. The number of carbonyl (C=O) groups is 2. The number of nitrogens with zero attached hydrogens (tertiary/aromatic N) is 3. The Labute approximate surface area is 249 Å². The van der Waals surface area contributed by atoms with Crippen molar-refractivity contribution >= 4 is 56.4 Å². The minimum absolute atomic E-state index is 0.0470. The van der Waals surface area contributed by atoms with Crippen molar-refractivity contribution in [2.45, 2.75) is 44.2 Å². The Kier molecular flexibility index (Phi) is 11.1. The SMILES string of the molecule is CCCNC(=O)[C@@H](CC)N(Cc1ccc(Cl)c(Cl)c1)C(=O)CN(c1ccc([N+](=O)[O-])cc1)S(=O)(=O)c1ccccc1. The summed E-state index contributed by atoms with van der Waals surface area (Å²) in [5.74, 6) is -1.04. The molecule has 218 valence electrons. The normalized spacial score (nSPS) is 11.9. The van der Waals surface area contributed by atoms with Crippen LogP contribution in [-0.2, 0) is 26.2 Å². The number of anilines is 1. The molecule has 0 heterocycles. The van der Waals surface area contributed by atoms with Gasteiger partial charge in [-0.25, -0.2) is 8.42 Å². The van der Waals surface area contributed by atoms with Crippen LogP contribution >= 0.6 is 23.2 Å². The van der Waals surface area contributed by atoms with E-state index in [0.717, 1.165) is 16.4 Å². The molecule has 0 unspecified atom stereocenters. The summed E-state index contributed by atoms with van der Waals surface area (Å²) in [7, 11) is -4.29. The third kappa shape index (κ3) is 7.96. The Bertz CT molecular complexity index is 1490. The predicted molar refractivity (Wildman–Crippen MR) is 158 cm³/mol. The average Bonchev–Trinajstić information content (AvgIpc) is 2.96. The maximum Gasteiger partial charge on any atom is 0.269 e. The van der Waals surface area contributed by atoms with Gasteiger partial charge in [0.05, 0.1) is 25.6 Å². The van der Waals surface area contributed by atoms with Gasteiger partial charge in [-0.15, -0.1) is 0 Å². The highest BCUT2D eigenvalue weighted by molar-refractivity contribution is 7.92.